The van der Waals surface area contributed by atoms with Gasteiger partial charge in [-0.2, -0.15) is 4.31 Å². The highest BCUT2D eigenvalue weighted by molar-refractivity contribution is 7.89. The highest BCUT2D eigenvalue weighted by atomic mass is 32.2. The van der Waals surface area contributed by atoms with E-state index >= 15 is 0 Å². The van der Waals surface area contributed by atoms with Crippen LogP contribution < -0.4 is 0 Å². The van der Waals surface area contributed by atoms with Crippen molar-refractivity contribution in [3.8, 4) is 0 Å². The lowest BCUT2D eigenvalue weighted by Crippen LogP contribution is -2.51. The third kappa shape index (κ3) is 4.43. The fourth-order valence-corrected chi connectivity index (χ4v) is 6.88. The van der Waals surface area contributed by atoms with Crippen molar-refractivity contribution < 1.29 is 27.5 Å². The first kappa shape index (κ1) is 22.8. The number of aromatic amines is 1. The van der Waals surface area contributed by atoms with E-state index in [4.69, 9.17) is 9.47 Å². The summed E-state index contributed by atoms with van der Waals surface area (Å²) < 4.78 is 39.4. The maximum absolute atomic E-state index is 13.3. The first-order chi connectivity index (χ1) is 15.9. The highest BCUT2D eigenvalue weighted by Gasteiger charge is 2.43. The van der Waals surface area contributed by atoms with Crippen LogP contribution in [0.5, 0.6) is 0 Å². The van der Waals surface area contributed by atoms with Crippen LogP contribution in [0.15, 0.2) is 17.2 Å². The molecule has 11 heteroatoms. The maximum atomic E-state index is 13.3. The van der Waals surface area contributed by atoms with E-state index in [-0.39, 0.29) is 29.2 Å². The zero-order chi connectivity index (χ0) is 23.1. The van der Waals surface area contributed by atoms with E-state index in [2.05, 4.69) is 4.98 Å². The predicted octanol–water partition coefficient (Wildman–Crippen LogP) is 1.02. The van der Waals surface area contributed by atoms with Gasteiger partial charge in [0.05, 0.1) is 19.1 Å². The molecule has 2 amide bonds. The van der Waals surface area contributed by atoms with E-state index in [9.17, 15) is 18.0 Å². The Morgan fingerprint density at radius 1 is 0.970 bits per heavy atom. The Kier molecular flexibility index (Phi) is 6.23. The highest BCUT2D eigenvalue weighted by Crippen LogP contribution is 2.33. The Bertz CT molecular complexity index is 986. The molecule has 33 heavy (non-hydrogen) atoms. The number of aromatic nitrogens is 1. The molecule has 1 aromatic heterocycles. The number of carbonyl (C=O) groups is 2. The first-order valence-corrected chi connectivity index (χ1v) is 13.4. The maximum Gasteiger partial charge on any atom is 0.270 e. The second-order valence-corrected chi connectivity index (χ2v) is 11.3. The number of sulfonamides is 1. The standard InChI is InChI=1S/C22H32N4O6S/c27-20(25-10-5-22(6-11-25)31-12-13-32-22)17-4-3-9-26(16-17)33(29,30)18-14-19(23-15-18)21(28)24-7-1-2-8-24/h14-15,17,23H,1-13,16H2/t17-/m1/s1. The molecule has 4 fully saturated rings. The van der Waals surface area contributed by atoms with E-state index in [1.165, 1.54) is 16.6 Å². The monoisotopic (exact) mass is 480 g/mol. The van der Waals surface area contributed by atoms with Gasteiger partial charge < -0.3 is 24.3 Å². The number of likely N-dealkylation sites (tertiary alicyclic amines) is 2. The van der Waals surface area contributed by atoms with Crippen LogP contribution in [-0.2, 0) is 24.3 Å². The molecule has 1 spiro atoms. The van der Waals surface area contributed by atoms with E-state index in [1.807, 2.05) is 4.90 Å². The molecule has 4 aliphatic rings. The van der Waals surface area contributed by atoms with Crippen molar-refractivity contribution in [2.24, 2.45) is 5.92 Å². The molecule has 0 aliphatic carbocycles. The predicted molar refractivity (Wildman–Crippen MR) is 118 cm³/mol. The normalized spacial score (nSPS) is 26.2. The number of hydrogen-bond donors (Lipinski definition) is 1. The van der Waals surface area contributed by atoms with Crippen molar-refractivity contribution in [2.75, 3.05) is 52.5 Å². The molecule has 10 nitrogen and oxygen atoms in total. The summed E-state index contributed by atoms with van der Waals surface area (Å²) in [6, 6.07) is 1.42. The van der Waals surface area contributed by atoms with E-state index in [0.717, 1.165) is 12.8 Å². The van der Waals surface area contributed by atoms with Gasteiger partial charge in [-0.05, 0) is 31.7 Å². The van der Waals surface area contributed by atoms with Gasteiger partial charge >= 0.3 is 0 Å². The van der Waals surface area contributed by atoms with Gasteiger partial charge in [0.2, 0.25) is 15.9 Å². The lowest BCUT2D eigenvalue weighted by Gasteiger charge is -2.40. The van der Waals surface area contributed by atoms with Crippen LogP contribution in [0.3, 0.4) is 0 Å². The molecule has 5 rings (SSSR count). The van der Waals surface area contributed by atoms with Gasteiger partial charge in [-0.15, -0.1) is 0 Å². The largest absolute Gasteiger partial charge is 0.356 e. The molecule has 4 saturated heterocycles. The lowest BCUT2D eigenvalue weighted by atomic mass is 9.96. The van der Waals surface area contributed by atoms with E-state index in [0.29, 0.717) is 77.3 Å². The molecular formula is C22H32N4O6S. The second kappa shape index (κ2) is 9.01. The summed E-state index contributed by atoms with van der Waals surface area (Å²) in [6.45, 7) is 4.23. The van der Waals surface area contributed by atoms with Gasteiger partial charge in [-0.3, -0.25) is 9.59 Å². The Balaban J connectivity index is 1.23. The summed E-state index contributed by atoms with van der Waals surface area (Å²) in [5.41, 5.74) is 0.290. The molecular weight excluding hydrogens is 448 g/mol. The Hall–Kier alpha value is -1.95. The minimum absolute atomic E-state index is 0.00159. The minimum atomic E-state index is -3.79. The zero-order valence-corrected chi connectivity index (χ0v) is 19.6. The van der Waals surface area contributed by atoms with Crippen molar-refractivity contribution in [1.82, 2.24) is 19.1 Å². The SMILES string of the molecule is O=C(c1cc(S(=O)(=O)N2CCC[C@@H](C(=O)N3CCC4(CC3)OCCO4)C2)c[nH]1)N1CCCC1. The number of piperidine rings is 2. The summed E-state index contributed by atoms with van der Waals surface area (Å²) >= 11 is 0. The molecule has 1 atom stereocenters. The van der Waals surface area contributed by atoms with Gasteiger partial charge in [0.1, 0.15) is 10.6 Å². The van der Waals surface area contributed by atoms with Crippen LogP contribution in [0.1, 0.15) is 49.0 Å². The molecule has 5 heterocycles. The number of H-pyrrole nitrogens is 1. The first-order valence-electron chi connectivity index (χ1n) is 11.9. The zero-order valence-electron chi connectivity index (χ0n) is 18.8. The Morgan fingerprint density at radius 2 is 1.67 bits per heavy atom. The quantitative estimate of drug-likeness (QED) is 0.689. The molecule has 4 aliphatic heterocycles. The molecule has 0 unspecified atom stereocenters. The molecule has 0 saturated carbocycles. The molecule has 1 N–H and O–H groups in total. The van der Waals surface area contributed by atoms with Crippen LogP contribution in [-0.4, -0.2) is 97.6 Å². The van der Waals surface area contributed by atoms with Gasteiger partial charge in [-0.25, -0.2) is 8.42 Å². The second-order valence-electron chi connectivity index (χ2n) is 9.38. The van der Waals surface area contributed by atoms with Crippen molar-refractivity contribution in [1.29, 1.82) is 0 Å². The summed E-state index contributed by atoms with van der Waals surface area (Å²) in [5, 5.41) is 0. The number of amides is 2. The summed E-state index contributed by atoms with van der Waals surface area (Å²) in [4.78, 5) is 32.2. The third-order valence-electron chi connectivity index (χ3n) is 7.30. The van der Waals surface area contributed by atoms with E-state index in [1.54, 1.807) is 4.90 Å². The summed E-state index contributed by atoms with van der Waals surface area (Å²) in [7, 11) is -3.79. The van der Waals surface area contributed by atoms with Crippen LogP contribution in [0, 0.1) is 5.92 Å². The number of nitrogens with zero attached hydrogens (tertiary/aromatic N) is 3. The Morgan fingerprint density at radius 3 is 2.36 bits per heavy atom. The number of nitrogens with one attached hydrogen (secondary N) is 1. The van der Waals surface area contributed by atoms with Crippen molar-refractivity contribution >= 4 is 21.8 Å². The number of rotatable bonds is 4. The molecule has 0 radical (unpaired) electrons. The molecule has 182 valence electrons. The lowest BCUT2D eigenvalue weighted by molar-refractivity contribution is -0.188. The fourth-order valence-electron chi connectivity index (χ4n) is 5.36. The van der Waals surface area contributed by atoms with Crippen LogP contribution in [0.2, 0.25) is 0 Å². The third-order valence-corrected chi connectivity index (χ3v) is 9.14. The van der Waals surface area contributed by atoms with Crippen LogP contribution in [0.4, 0.5) is 0 Å². The van der Waals surface area contributed by atoms with Gasteiger partial charge in [-0.1, -0.05) is 0 Å². The topological polar surface area (TPSA) is 112 Å². The molecule has 0 bridgehead atoms. The number of hydrogen-bond acceptors (Lipinski definition) is 6. The summed E-state index contributed by atoms with van der Waals surface area (Å²) in [6.07, 6.45) is 5.91. The molecule has 1 aromatic rings. The Labute approximate surface area is 194 Å². The van der Waals surface area contributed by atoms with Crippen LogP contribution in [0.25, 0.3) is 0 Å². The molecule has 0 aromatic carbocycles. The van der Waals surface area contributed by atoms with Gasteiger partial charge in [0.15, 0.2) is 5.79 Å². The number of ether oxygens (including phenoxy) is 2. The average Bonchev–Trinajstić information content (AvgIpc) is 3.61. The van der Waals surface area contributed by atoms with Crippen molar-refractivity contribution in [3.05, 3.63) is 18.0 Å². The van der Waals surface area contributed by atoms with Crippen LogP contribution >= 0.6 is 0 Å². The minimum Gasteiger partial charge on any atom is -0.356 e. The smallest absolute Gasteiger partial charge is 0.270 e. The van der Waals surface area contributed by atoms with Gasteiger partial charge in [0, 0.05) is 58.3 Å². The number of carbonyl (C=O) groups excluding carboxylic acids is 2. The fraction of sp³-hybridized carbons (Fsp3) is 0.727. The average molecular weight is 481 g/mol. The van der Waals surface area contributed by atoms with E-state index < -0.39 is 15.8 Å². The van der Waals surface area contributed by atoms with Crippen molar-refractivity contribution in [3.63, 3.8) is 0 Å². The van der Waals surface area contributed by atoms with Crippen molar-refractivity contribution in [2.45, 2.75) is 49.2 Å². The summed E-state index contributed by atoms with van der Waals surface area (Å²) in [5.74, 6) is -1.07. The van der Waals surface area contributed by atoms with Gasteiger partial charge in [0.25, 0.3) is 5.91 Å².